The molecule has 2 heterocycles. The Morgan fingerprint density at radius 2 is 2.04 bits per heavy atom. The number of rotatable bonds is 3. The first-order chi connectivity index (χ1) is 10.9. The summed E-state index contributed by atoms with van der Waals surface area (Å²) in [5.74, 6) is 1.50. The van der Waals surface area contributed by atoms with Crippen LogP contribution in [0.15, 0.2) is 18.3 Å². The van der Waals surface area contributed by atoms with Crippen molar-refractivity contribution in [3.05, 3.63) is 46.5 Å². The monoisotopic (exact) mass is 313 g/mol. The highest BCUT2D eigenvalue weighted by Gasteiger charge is 2.21. The van der Waals surface area contributed by atoms with Crippen molar-refractivity contribution in [3.8, 4) is 11.5 Å². The number of aryl methyl sites for hydroxylation is 1. The van der Waals surface area contributed by atoms with Crippen molar-refractivity contribution in [1.29, 1.82) is 0 Å². The molecule has 1 aliphatic rings. The molecule has 0 radical (unpaired) electrons. The average molecular weight is 313 g/mol. The van der Waals surface area contributed by atoms with Gasteiger partial charge in [0.25, 0.3) is 0 Å². The number of aromatic nitrogens is 2. The average Bonchev–Trinajstić information content (AvgIpc) is 2.50. The van der Waals surface area contributed by atoms with Crippen LogP contribution in [0.4, 0.5) is 0 Å². The van der Waals surface area contributed by atoms with Crippen molar-refractivity contribution >= 4 is 0 Å². The summed E-state index contributed by atoms with van der Waals surface area (Å²) in [6.07, 6.45) is 2.84. The molecule has 1 aromatic carbocycles. The number of fused-ring (bicyclic) bond motifs is 1. The molecular weight excluding hydrogens is 290 g/mol. The lowest BCUT2D eigenvalue weighted by Crippen LogP contribution is -2.31. The second-order valence-electron chi connectivity index (χ2n) is 6.58. The van der Waals surface area contributed by atoms with E-state index in [-0.39, 0.29) is 11.5 Å². The Labute approximate surface area is 136 Å². The summed E-state index contributed by atoms with van der Waals surface area (Å²) in [6.45, 7) is 8.46. The van der Waals surface area contributed by atoms with Crippen molar-refractivity contribution < 1.29 is 10.2 Å². The maximum atomic E-state index is 10.1. The van der Waals surface area contributed by atoms with E-state index in [4.69, 9.17) is 0 Å². The van der Waals surface area contributed by atoms with Crippen LogP contribution in [0, 0.1) is 6.92 Å². The maximum absolute atomic E-state index is 10.1. The van der Waals surface area contributed by atoms with Crippen LogP contribution in [0.25, 0.3) is 0 Å². The summed E-state index contributed by atoms with van der Waals surface area (Å²) < 4.78 is 0. The molecule has 1 aromatic heterocycles. The first-order valence-electron chi connectivity index (χ1n) is 8.02. The Bertz CT molecular complexity index is 705. The van der Waals surface area contributed by atoms with Crippen LogP contribution in [-0.4, -0.2) is 31.6 Å². The smallest absolute Gasteiger partial charge is 0.131 e. The minimum Gasteiger partial charge on any atom is -0.508 e. The van der Waals surface area contributed by atoms with E-state index in [0.717, 1.165) is 47.7 Å². The van der Waals surface area contributed by atoms with Gasteiger partial charge in [0.05, 0.1) is 0 Å². The number of phenolic OH excluding ortho intramolecular Hbond substituents is 2. The first kappa shape index (κ1) is 15.7. The van der Waals surface area contributed by atoms with Gasteiger partial charge in [-0.3, -0.25) is 4.90 Å². The lowest BCUT2D eigenvalue weighted by Gasteiger charge is -2.29. The van der Waals surface area contributed by atoms with E-state index in [9.17, 15) is 10.2 Å². The molecule has 5 nitrogen and oxygen atoms in total. The summed E-state index contributed by atoms with van der Waals surface area (Å²) in [6, 6.07) is 3.09. The zero-order valence-corrected chi connectivity index (χ0v) is 13.9. The SMILES string of the molecule is Cc1cc(O)cc(O)c1CN1CCc2nc(C(C)C)ncc2C1. The second-order valence-corrected chi connectivity index (χ2v) is 6.58. The van der Waals surface area contributed by atoms with E-state index in [1.54, 1.807) is 6.07 Å². The number of hydrogen-bond donors (Lipinski definition) is 2. The van der Waals surface area contributed by atoms with Gasteiger partial charge in [0.15, 0.2) is 0 Å². The van der Waals surface area contributed by atoms with Crippen LogP contribution in [0.3, 0.4) is 0 Å². The van der Waals surface area contributed by atoms with Gasteiger partial charge in [0, 0.05) is 61.1 Å². The van der Waals surface area contributed by atoms with Gasteiger partial charge in [-0.15, -0.1) is 0 Å². The van der Waals surface area contributed by atoms with Crippen LogP contribution in [0.1, 0.15) is 48.0 Å². The molecule has 0 fully saturated rings. The van der Waals surface area contributed by atoms with E-state index in [0.29, 0.717) is 12.5 Å². The van der Waals surface area contributed by atoms with E-state index in [1.165, 1.54) is 6.07 Å². The van der Waals surface area contributed by atoms with Gasteiger partial charge in [-0.1, -0.05) is 13.8 Å². The van der Waals surface area contributed by atoms with E-state index in [2.05, 4.69) is 28.7 Å². The standard InChI is InChI=1S/C18H23N3O2/c1-11(2)18-19-8-13-9-21(5-4-16(13)20-18)10-15-12(3)6-14(22)7-17(15)23/h6-8,11,22-23H,4-5,9-10H2,1-3H3. The van der Waals surface area contributed by atoms with Gasteiger partial charge in [-0.05, 0) is 18.6 Å². The molecule has 2 aromatic rings. The minimum absolute atomic E-state index is 0.0994. The number of benzene rings is 1. The Kier molecular flexibility index (Phi) is 4.22. The predicted molar refractivity (Wildman–Crippen MR) is 88.4 cm³/mol. The van der Waals surface area contributed by atoms with Crippen LogP contribution >= 0.6 is 0 Å². The van der Waals surface area contributed by atoms with E-state index in [1.807, 2.05) is 13.1 Å². The third-order valence-electron chi connectivity index (χ3n) is 4.36. The highest BCUT2D eigenvalue weighted by Crippen LogP contribution is 2.29. The molecule has 0 saturated carbocycles. The van der Waals surface area contributed by atoms with Gasteiger partial charge < -0.3 is 10.2 Å². The predicted octanol–water partition coefficient (Wildman–Crippen LogP) is 2.88. The van der Waals surface area contributed by atoms with Gasteiger partial charge in [0.2, 0.25) is 0 Å². The molecule has 0 saturated heterocycles. The van der Waals surface area contributed by atoms with Gasteiger partial charge >= 0.3 is 0 Å². The van der Waals surface area contributed by atoms with Gasteiger partial charge in [-0.25, -0.2) is 9.97 Å². The molecule has 0 bridgehead atoms. The van der Waals surface area contributed by atoms with Crippen molar-refractivity contribution in [2.24, 2.45) is 0 Å². The normalized spacial score (nSPS) is 15.0. The van der Waals surface area contributed by atoms with Crippen molar-refractivity contribution in [3.63, 3.8) is 0 Å². The van der Waals surface area contributed by atoms with Crippen LogP contribution in [0.5, 0.6) is 11.5 Å². The van der Waals surface area contributed by atoms with Crippen molar-refractivity contribution in [2.75, 3.05) is 6.54 Å². The summed E-state index contributed by atoms with van der Waals surface area (Å²) in [7, 11) is 0. The number of nitrogens with zero attached hydrogens (tertiary/aromatic N) is 3. The number of phenols is 2. The quantitative estimate of drug-likeness (QED) is 0.912. The molecule has 0 amide bonds. The molecule has 2 N–H and O–H groups in total. The molecule has 0 atom stereocenters. The Morgan fingerprint density at radius 3 is 2.74 bits per heavy atom. The third-order valence-corrected chi connectivity index (χ3v) is 4.36. The molecule has 5 heteroatoms. The summed E-state index contributed by atoms with van der Waals surface area (Å²) in [5, 5.41) is 19.6. The number of aromatic hydroxyl groups is 2. The zero-order valence-electron chi connectivity index (χ0n) is 13.9. The van der Waals surface area contributed by atoms with E-state index >= 15 is 0 Å². The largest absolute Gasteiger partial charge is 0.508 e. The second kappa shape index (κ2) is 6.16. The third kappa shape index (κ3) is 3.29. The summed E-state index contributed by atoms with van der Waals surface area (Å²) >= 11 is 0. The Balaban J connectivity index is 1.78. The van der Waals surface area contributed by atoms with Crippen LogP contribution in [-0.2, 0) is 19.5 Å². The fourth-order valence-corrected chi connectivity index (χ4v) is 3.01. The first-order valence-corrected chi connectivity index (χ1v) is 8.02. The highest BCUT2D eigenvalue weighted by molar-refractivity contribution is 5.44. The van der Waals surface area contributed by atoms with E-state index < -0.39 is 0 Å². The molecule has 23 heavy (non-hydrogen) atoms. The minimum atomic E-state index is 0.0994. The maximum Gasteiger partial charge on any atom is 0.131 e. The topological polar surface area (TPSA) is 69.5 Å². The summed E-state index contributed by atoms with van der Waals surface area (Å²) in [5.41, 5.74) is 4.08. The molecule has 0 spiro atoms. The lowest BCUT2D eigenvalue weighted by molar-refractivity contribution is 0.238. The fraction of sp³-hybridized carbons (Fsp3) is 0.444. The highest BCUT2D eigenvalue weighted by atomic mass is 16.3. The molecule has 0 unspecified atom stereocenters. The molecule has 122 valence electrons. The van der Waals surface area contributed by atoms with Crippen LogP contribution in [0.2, 0.25) is 0 Å². The number of hydrogen-bond acceptors (Lipinski definition) is 5. The molecule has 1 aliphatic heterocycles. The Hall–Kier alpha value is -2.14. The van der Waals surface area contributed by atoms with Crippen LogP contribution < -0.4 is 0 Å². The summed E-state index contributed by atoms with van der Waals surface area (Å²) in [4.78, 5) is 11.4. The zero-order chi connectivity index (χ0) is 16.6. The molecule has 3 rings (SSSR count). The molecule has 0 aliphatic carbocycles. The van der Waals surface area contributed by atoms with Gasteiger partial charge in [0.1, 0.15) is 17.3 Å². The van der Waals surface area contributed by atoms with Crippen molar-refractivity contribution in [1.82, 2.24) is 14.9 Å². The Morgan fingerprint density at radius 1 is 1.26 bits per heavy atom. The van der Waals surface area contributed by atoms with Crippen molar-refractivity contribution in [2.45, 2.75) is 46.2 Å². The van der Waals surface area contributed by atoms with Gasteiger partial charge in [-0.2, -0.15) is 0 Å². The lowest BCUT2D eigenvalue weighted by atomic mass is 10.0. The fourth-order valence-electron chi connectivity index (χ4n) is 3.01. The molecular formula is C18H23N3O2.